The molecule has 0 saturated heterocycles. The lowest BCUT2D eigenvalue weighted by molar-refractivity contribution is 0.0888. The molecule has 14 heavy (non-hydrogen) atoms. The summed E-state index contributed by atoms with van der Waals surface area (Å²) in [7, 11) is 0. The molecular formula is C11H15NO2. The standard InChI is InChI=1S/C11H15NO2/c1-7-2-3-11-9(4-7)10(12)5-8(6-13)14-11/h2-4,8,10,13H,5-6,12H2,1H3/t8?,10-/m0/s1. The largest absolute Gasteiger partial charge is 0.488 e. The number of hydrogen-bond donors (Lipinski definition) is 2. The molecule has 0 spiro atoms. The molecule has 3 nitrogen and oxygen atoms in total. The van der Waals surface area contributed by atoms with Gasteiger partial charge < -0.3 is 15.6 Å². The van der Waals surface area contributed by atoms with Gasteiger partial charge in [0, 0.05) is 18.0 Å². The number of rotatable bonds is 1. The summed E-state index contributed by atoms with van der Waals surface area (Å²) >= 11 is 0. The highest BCUT2D eigenvalue weighted by Crippen LogP contribution is 2.33. The molecule has 3 heteroatoms. The van der Waals surface area contributed by atoms with Crippen molar-refractivity contribution in [3.63, 3.8) is 0 Å². The van der Waals surface area contributed by atoms with Gasteiger partial charge in [0.1, 0.15) is 11.9 Å². The van der Waals surface area contributed by atoms with Gasteiger partial charge in [-0.25, -0.2) is 0 Å². The van der Waals surface area contributed by atoms with E-state index in [1.165, 1.54) is 5.56 Å². The first-order valence-electron chi connectivity index (χ1n) is 4.84. The number of hydrogen-bond acceptors (Lipinski definition) is 3. The van der Waals surface area contributed by atoms with Crippen LogP contribution in [0.5, 0.6) is 5.75 Å². The molecule has 2 atom stereocenters. The smallest absolute Gasteiger partial charge is 0.124 e. The van der Waals surface area contributed by atoms with Crippen molar-refractivity contribution in [2.24, 2.45) is 5.73 Å². The highest BCUT2D eigenvalue weighted by atomic mass is 16.5. The molecule has 1 aliphatic rings. The van der Waals surface area contributed by atoms with Gasteiger partial charge in [-0.1, -0.05) is 17.7 Å². The summed E-state index contributed by atoms with van der Waals surface area (Å²) in [6.07, 6.45) is 0.535. The van der Waals surface area contributed by atoms with Crippen LogP contribution >= 0.6 is 0 Å². The molecule has 1 unspecified atom stereocenters. The zero-order chi connectivity index (χ0) is 10.1. The maximum Gasteiger partial charge on any atom is 0.124 e. The number of aliphatic hydroxyl groups is 1. The number of aliphatic hydroxyl groups excluding tert-OH is 1. The predicted molar refractivity (Wildman–Crippen MR) is 54.2 cm³/mol. The van der Waals surface area contributed by atoms with Gasteiger partial charge in [0.25, 0.3) is 0 Å². The average molecular weight is 193 g/mol. The van der Waals surface area contributed by atoms with E-state index in [2.05, 4.69) is 0 Å². The molecule has 76 valence electrons. The third-order valence-corrected chi connectivity index (χ3v) is 2.58. The van der Waals surface area contributed by atoms with Crippen molar-refractivity contribution in [3.05, 3.63) is 29.3 Å². The highest BCUT2D eigenvalue weighted by Gasteiger charge is 2.24. The number of benzene rings is 1. The number of ether oxygens (including phenoxy) is 1. The highest BCUT2D eigenvalue weighted by molar-refractivity contribution is 5.40. The number of fused-ring (bicyclic) bond motifs is 1. The fourth-order valence-electron chi connectivity index (χ4n) is 1.81. The van der Waals surface area contributed by atoms with E-state index in [-0.39, 0.29) is 18.8 Å². The van der Waals surface area contributed by atoms with E-state index in [1.54, 1.807) is 0 Å². The number of nitrogens with two attached hydrogens (primary N) is 1. The summed E-state index contributed by atoms with van der Waals surface area (Å²) in [5, 5.41) is 9.01. The molecule has 3 N–H and O–H groups in total. The quantitative estimate of drug-likeness (QED) is 0.703. The SMILES string of the molecule is Cc1ccc2c(c1)[C@@H](N)CC(CO)O2. The van der Waals surface area contributed by atoms with Crippen molar-refractivity contribution in [1.29, 1.82) is 0 Å². The second kappa shape index (κ2) is 3.59. The van der Waals surface area contributed by atoms with Gasteiger partial charge >= 0.3 is 0 Å². The topological polar surface area (TPSA) is 55.5 Å². The van der Waals surface area contributed by atoms with Gasteiger partial charge in [-0.3, -0.25) is 0 Å². The molecule has 0 aliphatic carbocycles. The van der Waals surface area contributed by atoms with E-state index in [4.69, 9.17) is 15.6 Å². The Balaban J connectivity index is 2.35. The van der Waals surface area contributed by atoms with Gasteiger partial charge in [-0.2, -0.15) is 0 Å². The molecule has 1 heterocycles. The Morgan fingerprint density at radius 2 is 2.36 bits per heavy atom. The van der Waals surface area contributed by atoms with E-state index in [1.807, 2.05) is 25.1 Å². The van der Waals surface area contributed by atoms with Crippen molar-refractivity contribution >= 4 is 0 Å². The minimum Gasteiger partial charge on any atom is -0.488 e. The molecule has 1 aromatic carbocycles. The molecule has 0 aromatic heterocycles. The third kappa shape index (κ3) is 1.61. The summed E-state index contributed by atoms with van der Waals surface area (Å²) in [4.78, 5) is 0. The summed E-state index contributed by atoms with van der Waals surface area (Å²) in [5.41, 5.74) is 8.23. The normalized spacial score (nSPS) is 25.4. The van der Waals surface area contributed by atoms with Crippen molar-refractivity contribution in [2.45, 2.75) is 25.5 Å². The van der Waals surface area contributed by atoms with Crippen LogP contribution in [-0.2, 0) is 0 Å². The minimum atomic E-state index is -0.153. The Morgan fingerprint density at radius 3 is 3.07 bits per heavy atom. The summed E-state index contributed by atoms with van der Waals surface area (Å²) < 4.78 is 5.58. The molecule has 0 amide bonds. The zero-order valence-electron chi connectivity index (χ0n) is 8.23. The molecule has 1 aliphatic heterocycles. The fraction of sp³-hybridized carbons (Fsp3) is 0.455. The average Bonchev–Trinajstić information content (AvgIpc) is 2.19. The minimum absolute atomic E-state index is 0.0178. The number of aryl methyl sites for hydroxylation is 1. The lowest BCUT2D eigenvalue weighted by Crippen LogP contribution is -2.32. The zero-order valence-corrected chi connectivity index (χ0v) is 8.23. The van der Waals surface area contributed by atoms with Crippen LogP contribution in [0.15, 0.2) is 18.2 Å². The lowest BCUT2D eigenvalue weighted by Gasteiger charge is -2.29. The Kier molecular flexibility index (Phi) is 2.44. The van der Waals surface area contributed by atoms with E-state index >= 15 is 0 Å². The Morgan fingerprint density at radius 1 is 1.57 bits per heavy atom. The molecule has 0 saturated carbocycles. The van der Waals surface area contributed by atoms with Crippen molar-refractivity contribution in [3.8, 4) is 5.75 Å². The molecule has 2 rings (SSSR count). The molecule has 1 aromatic rings. The maximum atomic E-state index is 9.01. The maximum absolute atomic E-state index is 9.01. The second-order valence-corrected chi connectivity index (χ2v) is 3.81. The van der Waals surface area contributed by atoms with Crippen LogP contribution < -0.4 is 10.5 Å². The first-order valence-corrected chi connectivity index (χ1v) is 4.84. The van der Waals surface area contributed by atoms with E-state index in [0.29, 0.717) is 6.42 Å². The molecule has 0 fully saturated rings. The van der Waals surface area contributed by atoms with Crippen LogP contribution in [-0.4, -0.2) is 17.8 Å². The van der Waals surface area contributed by atoms with Crippen LogP contribution in [0.25, 0.3) is 0 Å². The van der Waals surface area contributed by atoms with Gasteiger partial charge in [-0.05, 0) is 13.0 Å². The lowest BCUT2D eigenvalue weighted by atomic mass is 9.96. The first-order chi connectivity index (χ1) is 6.70. The Labute approximate surface area is 83.5 Å². The van der Waals surface area contributed by atoms with Crippen LogP contribution in [0.2, 0.25) is 0 Å². The molecular weight excluding hydrogens is 178 g/mol. The van der Waals surface area contributed by atoms with Gasteiger partial charge in [0.15, 0.2) is 0 Å². The summed E-state index contributed by atoms with van der Waals surface area (Å²) in [5.74, 6) is 0.813. The van der Waals surface area contributed by atoms with Crippen molar-refractivity contribution in [1.82, 2.24) is 0 Å². The second-order valence-electron chi connectivity index (χ2n) is 3.81. The van der Waals surface area contributed by atoms with Crippen molar-refractivity contribution in [2.75, 3.05) is 6.61 Å². The Hall–Kier alpha value is -1.06. The molecule has 0 radical (unpaired) electrons. The van der Waals surface area contributed by atoms with E-state index in [0.717, 1.165) is 11.3 Å². The summed E-state index contributed by atoms with van der Waals surface area (Å²) in [6.45, 7) is 2.06. The molecule has 0 bridgehead atoms. The third-order valence-electron chi connectivity index (χ3n) is 2.58. The Bertz CT molecular complexity index is 338. The van der Waals surface area contributed by atoms with E-state index < -0.39 is 0 Å². The monoisotopic (exact) mass is 193 g/mol. The van der Waals surface area contributed by atoms with Crippen LogP contribution in [0.4, 0.5) is 0 Å². The summed E-state index contributed by atoms with van der Waals surface area (Å²) in [6, 6.07) is 5.95. The first kappa shape index (κ1) is 9.49. The van der Waals surface area contributed by atoms with Crippen molar-refractivity contribution < 1.29 is 9.84 Å². The van der Waals surface area contributed by atoms with Gasteiger partial charge in [0.2, 0.25) is 0 Å². The van der Waals surface area contributed by atoms with Gasteiger partial charge in [-0.15, -0.1) is 0 Å². The van der Waals surface area contributed by atoms with Crippen LogP contribution in [0.3, 0.4) is 0 Å². The predicted octanol–water partition coefficient (Wildman–Crippen LogP) is 1.14. The fourth-order valence-corrected chi connectivity index (χ4v) is 1.81. The van der Waals surface area contributed by atoms with Gasteiger partial charge in [0.05, 0.1) is 6.61 Å². The van der Waals surface area contributed by atoms with Crippen LogP contribution in [0, 0.1) is 6.92 Å². The van der Waals surface area contributed by atoms with E-state index in [9.17, 15) is 0 Å². The van der Waals surface area contributed by atoms with Crippen LogP contribution in [0.1, 0.15) is 23.6 Å².